The SMILES string of the molecule is Cc1cnn(C2CCN(c3ncnc4c3COCC4)C2)c1. The van der Waals surface area contributed by atoms with E-state index in [9.17, 15) is 0 Å². The molecule has 0 spiro atoms. The second-order valence-corrected chi connectivity index (χ2v) is 5.81. The zero-order valence-corrected chi connectivity index (χ0v) is 12.2. The third-order valence-corrected chi connectivity index (χ3v) is 4.31. The molecule has 0 aromatic carbocycles. The van der Waals surface area contributed by atoms with Crippen molar-refractivity contribution in [3.05, 3.63) is 35.5 Å². The molecule has 1 saturated heterocycles. The van der Waals surface area contributed by atoms with Crippen LogP contribution in [0.15, 0.2) is 18.7 Å². The summed E-state index contributed by atoms with van der Waals surface area (Å²) in [5.74, 6) is 1.05. The van der Waals surface area contributed by atoms with Crippen molar-refractivity contribution < 1.29 is 4.74 Å². The largest absolute Gasteiger partial charge is 0.376 e. The van der Waals surface area contributed by atoms with Crippen molar-refractivity contribution in [2.45, 2.75) is 32.4 Å². The second-order valence-electron chi connectivity index (χ2n) is 5.81. The number of nitrogens with zero attached hydrogens (tertiary/aromatic N) is 5. The molecule has 6 heteroatoms. The number of aromatic nitrogens is 4. The van der Waals surface area contributed by atoms with Gasteiger partial charge in [-0.3, -0.25) is 4.68 Å². The standard InChI is InChI=1S/C15H19N5O/c1-11-6-18-20(7-11)12-2-4-19(8-12)15-13-9-21-5-3-14(13)16-10-17-15/h6-7,10,12H,2-5,8-9H2,1H3. The molecule has 0 N–H and O–H groups in total. The molecule has 2 aromatic rings. The number of rotatable bonds is 2. The topological polar surface area (TPSA) is 56.1 Å². The van der Waals surface area contributed by atoms with Crippen molar-refractivity contribution in [1.82, 2.24) is 19.7 Å². The van der Waals surface area contributed by atoms with E-state index < -0.39 is 0 Å². The Bertz CT molecular complexity index is 653. The van der Waals surface area contributed by atoms with Gasteiger partial charge in [0.15, 0.2) is 0 Å². The van der Waals surface area contributed by atoms with E-state index in [0.717, 1.165) is 44.0 Å². The zero-order chi connectivity index (χ0) is 14.2. The summed E-state index contributed by atoms with van der Waals surface area (Å²) in [6, 6.07) is 0.425. The van der Waals surface area contributed by atoms with Gasteiger partial charge >= 0.3 is 0 Å². The Morgan fingerprint density at radius 1 is 1.33 bits per heavy atom. The van der Waals surface area contributed by atoms with Gasteiger partial charge in [0.25, 0.3) is 0 Å². The molecule has 110 valence electrons. The molecule has 2 aliphatic heterocycles. The van der Waals surface area contributed by atoms with Gasteiger partial charge in [0.2, 0.25) is 0 Å². The summed E-state index contributed by atoms with van der Waals surface area (Å²) in [5.41, 5.74) is 3.52. The highest BCUT2D eigenvalue weighted by atomic mass is 16.5. The maximum absolute atomic E-state index is 5.59. The van der Waals surface area contributed by atoms with Crippen LogP contribution in [-0.4, -0.2) is 39.4 Å². The summed E-state index contributed by atoms with van der Waals surface area (Å²) in [7, 11) is 0. The first kappa shape index (κ1) is 12.8. The molecule has 6 nitrogen and oxygen atoms in total. The van der Waals surface area contributed by atoms with Crippen LogP contribution in [0, 0.1) is 6.92 Å². The van der Waals surface area contributed by atoms with Crippen LogP contribution in [-0.2, 0) is 17.8 Å². The summed E-state index contributed by atoms with van der Waals surface area (Å²) < 4.78 is 7.67. The second kappa shape index (κ2) is 5.11. The van der Waals surface area contributed by atoms with Crippen LogP contribution >= 0.6 is 0 Å². The van der Waals surface area contributed by atoms with Crippen molar-refractivity contribution in [3.8, 4) is 0 Å². The van der Waals surface area contributed by atoms with Crippen LogP contribution in [0.2, 0.25) is 0 Å². The fourth-order valence-corrected chi connectivity index (χ4v) is 3.20. The van der Waals surface area contributed by atoms with Crippen LogP contribution in [0.1, 0.15) is 29.3 Å². The molecule has 1 fully saturated rings. The Morgan fingerprint density at radius 3 is 3.14 bits per heavy atom. The van der Waals surface area contributed by atoms with Crippen molar-refractivity contribution in [3.63, 3.8) is 0 Å². The summed E-state index contributed by atoms with van der Waals surface area (Å²) in [4.78, 5) is 11.3. The predicted octanol–water partition coefficient (Wildman–Crippen LogP) is 1.51. The Balaban J connectivity index is 1.58. The molecule has 0 bridgehead atoms. The maximum atomic E-state index is 5.59. The van der Waals surface area contributed by atoms with Crippen LogP contribution in [0.4, 0.5) is 5.82 Å². The fourth-order valence-electron chi connectivity index (χ4n) is 3.20. The monoisotopic (exact) mass is 285 g/mol. The summed E-state index contributed by atoms with van der Waals surface area (Å²) >= 11 is 0. The minimum absolute atomic E-state index is 0.425. The minimum Gasteiger partial charge on any atom is -0.376 e. The van der Waals surface area contributed by atoms with E-state index in [2.05, 4.69) is 37.8 Å². The summed E-state index contributed by atoms with van der Waals surface area (Å²) in [6.07, 6.45) is 7.71. The van der Waals surface area contributed by atoms with Gasteiger partial charge in [-0.05, 0) is 18.9 Å². The lowest BCUT2D eigenvalue weighted by atomic mass is 10.1. The molecule has 1 unspecified atom stereocenters. The molecule has 0 aliphatic carbocycles. The van der Waals surface area contributed by atoms with Crippen LogP contribution in [0.3, 0.4) is 0 Å². The lowest BCUT2D eigenvalue weighted by Crippen LogP contribution is -2.26. The van der Waals surface area contributed by atoms with E-state index in [1.165, 1.54) is 11.1 Å². The number of ether oxygens (including phenoxy) is 1. The molecule has 1 atom stereocenters. The number of hydrogen-bond donors (Lipinski definition) is 0. The van der Waals surface area contributed by atoms with Gasteiger partial charge in [0.05, 0.1) is 31.1 Å². The summed E-state index contributed by atoms with van der Waals surface area (Å²) in [6.45, 7) is 5.43. The Labute approximate surface area is 123 Å². The molecule has 0 amide bonds. The Morgan fingerprint density at radius 2 is 2.29 bits per heavy atom. The van der Waals surface area contributed by atoms with E-state index in [1.807, 2.05) is 6.20 Å². The highest BCUT2D eigenvalue weighted by Crippen LogP contribution is 2.30. The quantitative estimate of drug-likeness (QED) is 0.837. The highest BCUT2D eigenvalue weighted by molar-refractivity contribution is 5.50. The molecule has 0 saturated carbocycles. The molecular formula is C15H19N5O. The smallest absolute Gasteiger partial charge is 0.137 e. The van der Waals surface area contributed by atoms with Gasteiger partial charge in [0.1, 0.15) is 12.1 Å². The lowest BCUT2D eigenvalue weighted by molar-refractivity contribution is 0.109. The summed E-state index contributed by atoms with van der Waals surface area (Å²) in [5, 5.41) is 4.45. The first-order chi connectivity index (χ1) is 10.3. The average Bonchev–Trinajstić information content (AvgIpc) is 3.15. The van der Waals surface area contributed by atoms with Gasteiger partial charge in [-0.25, -0.2) is 9.97 Å². The molecule has 0 radical (unpaired) electrons. The third kappa shape index (κ3) is 2.29. The zero-order valence-electron chi connectivity index (χ0n) is 12.2. The van der Waals surface area contributed by atoms with Crippen LogP contribution in [0.5, 0.6) is 0 Å². The average molecular weight is 285 g/mol. The molecular weight excluding hydrogens is 266 g/mol. The number of anilines is 1. The number of aryl methyl sites for hydroxylation is 1. The van der Waals surface area contributed by atoms with Gasteiger partial charge in [-0.1, -0.05) is 0 Å². The van der Waals surface area contributed by atoms with E-state index in [1.54, 1.807) is 6.33 Å². The van der Waals surface area contributed by atoms with Crippen molar-refractivity contribution >= 4 is 5.82 Å². The van der Waals surface area contributed by atoms with Gasteiger partial charge in [-0.15, -0.1) is 0 Å². The van der Waals surface area contributed by atoms with E-state index >= 15 is 0 Å². The molecule has 4 rings (SSSR count). The van der Waals surface area contributed by atoms with E-state index in [-0.39, 0.29) is 0 Å². The van der Waals surface area contributed by atoms with Crippen LogP contribution in [0.25, 0.3) is 0 Å². The number of hydrogen-bond acceptors (Lipinski definition) is 5. The Hall–Kier alpha value is -1.95. The van der Waals surface area contributed by atoms with Crippen molar-refractivity contribution in [2.24, 2.45) is 0 Å². The molecule has 4 heterocycles. The van der Waals surface area contributed by atoms with Gasteiger partial charge < -0.3 is 9.64 Å². The maximum Gasteiger partial charge on any atom is 0.137 e. The lowest BCUT2D eigenvalue weighted by Gasteiger charge is -2.24. The predicted molar refractivity (Wildman–Crippen MR) is 78.2 cm³/mol. The highest BCUT2D eigenvalue weighted by Gasteiger charge is 2.28. The minimum atomic E-state index is 0.425. The van der Waals surface area contributed by atoms with Gasteiger partial charge in [-0.2, -0.15) is 5.10 Å². The fraction of sp³-hybridized carbons (Fsp3) is 0.533. The van der Waals surface area contributed by atoms with Crippen molar-refractivity contribution in [1.29, 1.82) is 0 Å². The normalized spacial score (nSPS) is 21.6. The molecule has 21 heavy (non-hydrogen) atoms. The molecule has 2 aliphatic rings. The van der Waals surface area contributed by atoms with Crippen molar-refractivity contribution in [2.75, 3.05) is 24.6 Å². The Kier molecular flexibility index (Phi) is 3.11. The van der Waals surface area contributed by atoms with Crippen LogP contribution < -0.4 is 4.90 Å². The third-order valence-electron chi connectivity index (χ3n) is 4.31. The number of fused-ring (bicyclic) bond motifs is 1. The van der Waals surface area contributed by atoms with E-state index in [0.29, 0.717) is 12.6 Å². The first-order valence-corrected chi connectivity index (χ1v) is 7.47. The molecule has 2 aromatic heterocycles. The van der Waals surface area contributed by atoms with Gasteiger partial charge in [0, 0.05) is 31.3 Å². The first-order valence-electron chi connectivity index (χ1n) is 7.47. The van der Waals surface area contributed by atoms with E-state index in [4.69, 9.17) is 4.74 Å².